The molecule has 2 N–H and O–H groups in total. The summed E-state index contributed by atoms with van der Waals surface area (Å²) in [5.41, 5.74) is 5.64. The number of aryl methyl sites for hydroxylation is 1. The fraction of sp³-hybridized carbons (Fsp3) is 0.105. The average Bonchev–Trinajstić information content (AvgIpc) is 2.62. The molecule has 2 aromatic carbocycles. The van der Waals surface area contributed by atoms with E-state index in [0.717, 1.165) is 16.8 Å². The van der Waals surface area contributed by atoms with Crippen LogP contribution in [0.1, 0.15) is 16.8 Å². The number of rotatable bonds is 6. The van der Waals surface area contributed by atoms with Crippen LogP contribution >= 0.6 is 0 Å². The van der Waals surface area contributed by atoms with E-state index in [1.807, 2.05) is 37.3 Å². The van der Waals surface area contributed by atoms with E-state index < -0.39 is 0 Å². The Morgan fingerprint density at radius 3 is 2.56 bits per heavy atom. The minimum Gasteiger partial charge on any atom is -0.350 e. The molecule has 126 valence electrons. The molecule has 0 atom stereocenters. The summed E-state index contributed by atoms with van der Waals surface area (Å²) in [6, 6.07) is 17.9. The van der Waals surface area contributed by atoms with Crippen molar-refractivity contribution in [1.29, 1.82) is 0 Å². The molecule has 3 rings (SSSR count). The molecule has 0 unspecified atom stereocenters. The lowest BCUT2D eigenvalue weighted by molar-refractivity contribution is 0.628. The monoisotopic (exact) mass is 335 g/mol. The van der Waals surface area contributed by atoms with E-state index in [1.54, 1.807) is 24.4 Å². The van der Waals surface area contributed by atoms with Gasteiger partial charge in [-0.15, -0.1) is 0 Å². The van der Waals surface area contributed by atoms with Crippen molar-refractivity contribution in [3.63, 3.8) is 0 Å². The highest BCUT2D eigenvalue weighted by atomic mass is 19.1. The number of benzene rings is 2. The molecule has 0 fully saturated rings. The maximum atomic E-state index is 12.9. The zero-order chi connectivity index (χ0) is 17.5. The fourth-order valence-corrected chi connectivity index (χ4v) is 2.20. The average molecular weight is 335 g/mol. The molecule has 0 aliphatic rings. The summed E-state index contributed by atoms with van der Waals surface area (Å²) in [7, 11) is 0. The second kappa shape index (κ2) is 8.01. The van der Waals surface area contributed by atoms with Gasteiger partial charge < -0.3 is 5.32 Å². The Bertz CT molecular complexity index is 847. The van der Waals surface area contributed by atoms with Gasteiger partial charge in [0.1, 0.15) is 5.82 Å². The first kappa shape index (κ1) is 16.6. The van der Waals surface area contributed by atoms with Crippen LogP contribution in [0.2, 0.25) is 0 Å². The molecule has 1 heterocycles. The molecule has 6 heteroatoms. The van der Waals surface area contributed by atoms with Gasteiger partial charge in [-0.25, -0.2) is 9.37 Å². The highest BCUT2D eigenvalue weighted by molar-refractivity contribution is 5.79. The van der Waals surface area contributed by atoms with Crippen molar-refractivity contribution in [3.05, 3.63) is 83.3 Å². The molecule has 0 bridgehead atoms. The van der Waals surface area contributed by atoms with Crippen molar-refractivity contribution in [2.75, 3.05) is 10.7 Å². The van der Waals surface area contributed by atoms with Crippen LogP contribution in [0, 0.1) is 12.7 Å². The molecule has 1 aromatic heterocycles. The molecular formula is C19H18FN5. The quantitative estimate of drug-likeness (QED) is 0.528. The SMILES string of the molecule is Cc1cc(N/N=C\c2ccc(F)cc2)nc(NCc2ccccc2)n1. The Balaban J connectivity index is 1.63. The summed E-state index contributed by atoms with van der Waals surface area (Å²) in [5, 5.41) is 7.33. The predicted octanol–water partition coefficient (Wildman–Crippen LogP) is 3.98. The summed E-state index contributed by atoms with van der Waals surface area (Å²) in [6.45, 7) is 2.53. The lowest BCUT2D eigenvalue weighted by Gasteiger charge is -2.08. The minimum absolute atomic E-state index is 0.273. The van der Waals surface area contributed by atoms with Crippen LogP contribution < -0.4 is 10.7 Å². The Hall–Kier alpha value is -3.28. The fourth-order valence-electron chi connectivity index (χ4n) is 2.20. The van der Waals surface area contributed by atoms with Crippen LogP contribution in [0.3, 0.4) is 0 Å². The minimum atomic E-state index is -0.273. The number of halogens is 1. The summed E-state index contributed by atoms with van der Waals surface area (Å²) < 4.78 is 12.9. The zero-order valence-corrected chi connectivity index (χ0v) is 13.8. The van der Waals surface area contributed by atoms with E-state index in [0.29, 0.717) is 18.3 Å². The number of nitrogens with zero attached hydrogens (tertiary/aromatic N) is 3. The topological polar surface area (TPSA) is 62.2 Å². The third-order valence-electron chi connectivity index (χ3n) is 3.41. The van der Waals surface area contributed by atoms with Crippen LogP contribution in [-0.4, -0.2) is 16.2 Å². The highest BCUT2D eigenvalue weighted by Crippen LogP contribution is 2.11. The Morgan fingerprint density at radius 1 is 1.04 bits per heavy atom. The summed E-state index contributed by atoms with van der Waals surface area (Å²) in [6.07, 6.45) is 1.61. The smallest absolute Gasteiger partial charge is 0.225 e. The van der Waals surface area contributed by atoms with Crippen molar-refractivity contribution in [2.45, 2.75) is 13.5 Å². The standard InChI is InChI=1S/C19H18FN5/c1-14-11-18(25-22-13-16-7-9-17(20)10-8-16)24-19(23-14)21-12-15-5-3-2-4-6-15/h2-11,13H,12H2,1H3,(H2,21,23,24,25)/b22-13-. The van der Waals surface area contributed by atoms with E-state index in [-0.39, 0.29) is 5.82 Å². The van der Waals surface area contributed by atoms with Crippen molar-refractivity contribution in [3.8, 4) is 0 Å². The normalized spacial score (nSPS) is 10.8. The Morgan fingerprint density at radius 2 is 1.80 bits per heavy atom. The molecule has 3 aromatic rings. The number of anilines is 2. The van der Waals surface area contributed by atoms with Gasteiger partial charge in [0, 0.05) is 18.3 Å². The maximum Gasteiger partial charge on any atom is 0.225 e. The van der Waals surface area contributed by atoms with Gasteiger partial charge in [-0.2, -0.15) is 10.1 Å². The van der Waals surface area contributed by atoms with Gasteiger partial charge in [0.05, 0.1) is 6.21 Å². The van der Waals surface area contributed by atoms with Crippen molar-refractivity contribution < 1.29 is 4.39 Å². The molecule has 0 amide bonds. The third-order valence-corrected chi connectivity index (χ3v) is 3.41. The van der Waals surface area contributed by atoms with Gasteiger partial charge in [-0.1, -0.05) is 42.5 Å². The number of hydrazone groups is 1. The van der Waals surface area contributed by atoms with E-state index in [2.05, 4.69) is 25.8 Å². The second-order valence-corrected chi connectivity index (χ2v) is 5.48. The van der Waals surface area contributed by atoms with Gasteiger partial charge in [0.2, 0.25) is 5.95 Å². The first-order chi connectivity index (χ1) is 12.2. The van der Waals surface area contributed by atoms with E-state index in [9.17, 15) is 4.39 Å². The molecule has 0 radical (unpaired) electrons. The van der Waals surface area contributed by atoms with Crippen LogP contribution in [0.5, 0.6) is 0 Å². The Kier molecular flexibility index (Phi) is 5.31. The molecule has 5 nitrogen and oxygen atoms in total. The molecule has 25 heavy (non-hydrogen) atoms. The third kappa shape index (κ3) is 5.10. The van der Waals surface area contributed by atoms with E-state index in [4.69, 9.17) is 0 Å². The first-order valence-corrected chi connectivity index (χ1v) is 7.87. The molecule has 0 saturated carbocycles. The largest absolute Gasteiger partial charge is 0.350 e. The van der Waals surface area contributed by atoms with Gasteiger partial charge in [0.25, 0.3) is 0 Å². The molecular weight excluding hydrogens is 317 g/mol. The van der Waals surface area contributed by atoms with Crippen molar-refractivity contribution >= 4 is 18.0 Å². The van der Waals surface area contributed by atoms with E-state index in [1.165, 1.54) is 12.1 Å². The molecule has 0 saturated heterocycles. The number of nitrogens with one attached hydrogen (secondary N) is 2. The lowest BCUT2D eigenvalue weighted by atomic mass is 10.2. The van der Waals surface area contributed by atoms with Crippen LogP contribution in [0.15, 0.2) is 65.8 Å². The maximum absolute atomic E-state index is 12.9. The Labute approximate surface area is 145 Å². The lowest BCUT2D eigenvalue weighted by Crippen LogP contribution is -2.06. The predicted molar refractivity (Wildman–Crippen MR) is 98.2 cm³/mol. The summed E-state index contributed by atoms with van der Waals surface area (Å²) >= 11 is 0. The van der Waals surface area contributed by atoms with Crippen LogP contribution in [0.4, 0.5) is 16.2 Å². The number of hydrogen-bond donors (Lipinski definition) is 2. The summed E-state index contributed by atoms with van der Waals surface area (Å²) in [5.74, 6) is 0.843. The van der Waals surface area contributed by atoms with Gasteiger partial charge >= 0.3 is 0 Å². The van der Waals surface area contributed by atoms with E-state index >= 15 is 0 Å². The van der Waals surface area contributed by atoms with Crippen LogP contribution in [-0.2, 0) is 6.54 Å². The summed E-state index contributed by atoms with van der Waals surface area (Å²) in [4.78, 5) is 8.76. The molecule has 0 aliphatic heterocycles. The van der Waals surface area contributed by atoms with Crippen molar-refractivity contribution in [2.24, 2.45) is 5.10 Å². The zero-order valence-electron chi connectivity index (χ0n) is 13.8. The number of aromatic nitrogens is 2. The van der Waals surface area contributed by atoms with Gasteiger partial charge in [0.15, 0.2) is 5.82 Å². The van der Waals surface area contributed by atoms with Crippen molar-refractivity contribution in [1.82, 2.24) is 9.97 Å². The molecule has 0 aliphatic carbocycles. The van der Waals surface area contributed by atoms with Crippen LogP contribution in [0.25, 0.3) is 0 Å². The van der Waals surface area contributed by atoms with Gasteiger partial charge in [-0.05, 0) is 30.2 Å². The molecule has 0 spiro atoms. The highest BCUT2D eigenvalue weighted by Gasteiger charge is 2.01. The first-order valence-electron chi connectivity index (χ1n) is 7.87. The second-order valence-electron chi connectivity index (χ2n) is 5.48. The van der Waals surface area contributed by atoms with Gasteiger partial charge in [-0.3, -0.25) is 5.43 Å². The number of hydrogen-bond acceptors (Lipinski definition) is 5.